The average molecular weight is 404 g/mol. The van der Waals surface area contributed by atoms with Crippen molar-refractivity contribution in [2.75, 3.05) is 5.32 Å². The van der Waals surface area contributed by atoms with Crippen LogP contribution in [0.1, 0.15) is 26.4 Å². The minimum Gasteiger partial charge on any atom is -0.347 e. The van der Waals surface area contributed by atoms with Crippen molar-refractivity contribution in [1.29, 1.82) is 0 Å². The van der Waals surface area contributed by atoms with E-state index >= 15 is 0 Å². The maximum Gasteiger partial charge on any atom is 0.261 e. The number of nitrogens with zero attached hydrogens (tertiary/aromatic N) is 1. The molecule has 6 nitrogen and oxygen atoms in total. The van der Waals surface area contributed by atoms with E-state index in [1.54, 1.807) is 6.07 Å². The number of anilines is 1. The highest BCUT2D eigenvalue weighted by Gasteiger charge is 2.16. The monoisotopic (exact) mass is 404 g/mol. The zero-order valence-corrected chi connectivity index (χ0v) is 16.7. The molecular weight excluding hydrogens is 384 g/mol. The van der Waals surface area contributed by atoms with E-state index in [9.17, 15) is 9.59 Å². The van der Waals surface area contributed by atoms with E-state index in [0.717, 1.165) is 26.9 Å². The number of fused-ring (bicyclic) bond motifs is 1. The molecule has 0 fully saturated rings. The van der Waals surface area contributed by atoms with Crippen molar-refractivity contribution >= 4 is 39.2 Å². The third-order valence-electron chi connectivity index (χ3n) is 4.48. The van der Waals surface area contributed by atoms with Gasteiger partial charge < -0.3 is 10.6 Å². The fraction of sp³-hybridized carbons (Fsp3) is 0.136. The van der Waals surface area contributed by atoms with Crippen molar-refractivity contribution in [1.82, 2.24) is 15.5 Å². The second kappa shape index (κ2) is 8.28. The first-order valence-corrected chi connectivity index (χ1v) is 10.1. The van der Waals surface area contributed by atoms with Crippen molar-refractivity contribution in [3.63, 3.8) is 0 Å². The van der Waals surface area contributed by atoms with Crippen molar-refractivity contribution in [2.45, 2.75) is 19.9 Å². The van der Waals surface area contributed by atoms with Gasteiger partial charge in [0.1, 0.15) is 4.83 Å². The second-order valence-electron chi connectivity index (χ2n) is 6.81. The lowest BCUT2D eigenvalue weighted by molar-refractivity contribution is -0.115. The maximum absolute atomic E-state index is 12.5. The Hall–Kier alpha value is -3.45. The van der Waals surface area contributed by atoms with E-state index in [1.165, 1.54) is 11.3 Å². The Morgan fingerprint density at radius 1 is 1.03 bits per heavy atom. The van der Waals surface area contributed by atoms with E-state index in [0.29, 0.717) is 17.2 Å². The smallest absolute Gasteiger partial charge is 0.261 e. The molecular formula is C22H20N4O2S. The molecule has 0 spiro atoms. The number of rotatable bonds is 6. The number of amides is 2. The van der Waals surface area contributed by atoms with Crippen LogP contribution in [-0.2, 0) is 17.8 Å². The van der Waals surface area contributed by atoms with Crippen molar-refractivity contribution < 1.29 is 9.59 Å². The highest BCUT2D eigenvalue weighted by molar-refractivity contribution is 7.20. The molecule has 0 saturated carbocycles. The molecule has 7 heteroatoms. The third kappa shape index (κ3) is 4.52. The van der Waals surface area contributed by atoms with E-state index in [4.69, 9.17) is 0 Å². The van der Waals surface area contributed by atoms with Crippen molar-refractivity contribution in [3.8, 4) is 0 Å². The quantitative estimate of drug-likeness (QED) is 0.453. The van der Waals surface area contributed by atoms with Gasteiger partial charge in [-0.3, -0.25) is 14.7 Å². The zero-order valence-electron chi connectivity index (χ0n) is 15.9. The summed E-state index contributed by atoms with van der Waals surface area (Å²) in [6.45, 7) is 2.46. The minimum atomic E-state index is -0.152. The molecule has 2 heterocycles. The first-order valence-electron chi connectivity index (χ1n) is 9.24. The number of H-pyrrole nitrogens is 1. The molecule has 0 atom stereocenters. The van der Waals surface area contributed by atoms with Crippen molar-refractivity contribution in [3.05, 3.63) is 82.2 Å². The molecule has 2 amide bonds. The van der Waals surface area contributed by atoms with Crippen LogP contribution in [0.2, 0.25) is 0 Å². The Morgan fingerprint density at radius 3 is 2.62 bits per heavy atom. The Labute approximate surface area is 172 Å². The molecule has 146 valence electrons. The number of benzene rings is 2. The summed E-state index contributed by atoms with van der Waals surface area (Å²) < 4.78 is 0. The predicted molar refractivity (Wildman–Crippen MR) is 115 cm³/mol. The van der Waals surface area contributed by atoms with Gasteiger partial charge in [0.2, 0.25) is 5.91 Å². The maximum atomic E-state index is 12.5. The Balaban J connectivity index is 1.43. The normalized spacial score (nSPS) is 10.8. The Bertz CT molecular complexity index is 1160. The van der Waals surface area contributed by atoms with Crippen LogP contribution in [0.3, 0.4) is 0 Å². The molecule has 0 aliphatic rings. The molecule has 0 aliphatic heterocycles. The zero-order chi connectivity index (χ0) is 20.2. The summed E-state index contributed by atoms with van der Waals surface area (Å²) in [5.41, 5.74) is 3.09. The second-order valence-corrected chi connectivity index (χ2v) is 7.86. The lowest BCUT2D eigenvalue weighted by Gasteiger charge is -2.04. The van der Waals surface area contributed by atoms with Gasteiger partial charge in [-0.2, -0.15) is 5.10 Å². The van der Waals surface area contributed by atoms with Crippen LogP contribution in [0, 0.1) is 6.92 Å². The summed E-state index contributed by atoms with van der Waals surface area (Å²) in [4.78, 5) is 26.2. The number of carbonyl (C=O) groups is 2. The molecule has 29 heavy (non-hydrogen) atoms. The summed E-state index contributed by atoms with van der Waals surface area (Å²) in [6, 6.07) is 19.3. The summed E-state index contributed by atoms with van der Waals surface area (Å²) in [7, 11) is 0. The lowest BCUT2D eigenvalue weighted by atomic mass is 10.1. The third-order valence-corrected chi connectivity index (χ3v) is 5.52. The van der Waals surface area contributed by atoms with Crippen LogP contribution in [-0.4, -0.2) is 22.0 Å². The fourth-order valence-electron chi connectivity index (χ4n) is 3.07. The summed E-state index contributed by atoms with van der Waals surface area (Å²) >= 11 is 1.31. The molecule has 4 rings (SSSR count). The number of hydrogen-bond acceptors (Lipinski definition) is 4. The summed E-state index contributed by atoms with van der Waals surface area (Å²) in [6.07, 6.45) is 0.268. The highest BCUT2D eigenvalue weighted by Crippen LogP contribution is 2.29. The van der Waals surface area contributed by atoms with Gasteiger partial charge in [-0.15, -0.1) is 11.3 Å². The molecule has 2 aromatic carbocycles. The lowest BCUT2D eigenvalue weighted by Crippen LogP contribution is -2.21. The number of thiophene rings is 1. The first kappa shape index (κ1) is 18.9. The van der Waals surface area contributed by atoms with Crippen LogP contribution in [0.15, 0.2) is 60.7 Å². The van der Waals surface area contributed by atoms with Crippen LogP contribution in [0.25, 0.3) is 10.2 Å². The van der Waals surface area contributed by atoms with Gasteiger partial charge >= 0.3 is 0 Å². The van der Waals surface area contributed by atoms with E-state index in [2.05, 4.69) is 20.8 Å². The Morgan fingerprint density at radius 2 is 1.83 bits per heavy atom. The predicted octanol–water partition coefficient (Wildman–Crippen LogP) is 4.04. The molecule has 0 aliphatic carbocycles. The first-order chi connectivity index (χ1) is 14.1. The van der Waals surface area contributed by atoms with Gasteiger partial charge in [-0.05, 0) is 24.1 Å². The number of nitrogens with one attached hydrogen (secondary N) is 3. The molecule has 4 aromatic rings. The largest absolute Gasteiger partial charge is 0.347 e. The molecule has 0 saturated heterocycles. The minimum absolute atomic E-state index is 0.148. The number of aryl methyl sites for hydroxylation is 1. The van der Waals surface area contributed by atoms with Gasteiger partial charge in [0.05, 0.1) is 16.7 Å². The van der Waals surface area contributed by atoms with Crippen LogP contribution >= 0.6 is 11.3 Å². The fourth-order valence-corrected chi connectivity index (χ4v) is 3.99. The van der Waals surface area contributed by atoms with Gasteiger partial charge in [-0.25, -0.2) is 0 Å². The van der Waals surface area contributed by atoms with E-state index < -0.39 is 0 Å². The van der Waals surface area contributed by atoms with Gasteiger partial charge in [0, 0.05) is 6.54 Å². The van der Waals surface area contributed by atoms with Crippen molar-refractivity contribution in [2.24, 2.45) is 0 Å². The van der Waals surface area contributed by atoms with Gasteiger partial charge in [0.25, 0.3) is 5.91 Å². The molecule has 0 radical (unpaired) electrons. The number of aromatic amines is 1. The van der Waals surface area contributed by atoms with Crippen LogP contribution < -0.4 is 10.6 Å². The average Bonchev–Trinajstić information content (AvgIpc) is 3.29. The highest BCUT2D eigenvalue weighted by atomic mass is 32.1. The molecule has 2 aromatic heterocycles. The van der Waals surface area contributed by atoms with Gasteiger partial charge in [-0.1, -0.05) is 60.2 Å². The number of aromatic nitrogens is 2. The van der Waals surface area contributed by atoms with E-state index in [1.807, 2.05) is 61.5 Å². The van der Waals surface area contributed by atoms with Gasteiger partial charge in [0.15, 0.2) is 5.82 Å². The Kier molecular flexibility index (Phi) is 5.39. The summed E-state index contributed by atoms with van der Waals surface area (Å²) in [5.74, 6) is 0.141. The van der Waals surface area contributed by atoms with Crippen LogP contribution in [0.5, 0.6) is 0 Å². The molecule has 3 N–H and O–H groups in total. The SMILES string of the molecule is Cc1cccc(CC(=O)Nc2n[nH]c3sc(C(=O)NCc4ccccc4)cc23)c1. The summed E-state index contributed by atoms with van der Waals surface area (Å²) in [5, 5.41) is 13.5. The molecule has 0 bridgehead atoms. The topological polar surface area (TPSA) is 86.9 Å². The standard InChI is InChI=1S/C22H20N4O2S/c1-14-6-5-9-16(10-14)11-19(27)24-20-17-12-18(29-22(17)26-25-20)21(28)23-13-15-7-3-2-4-8-15/h2-10,12H,11,13H2,1H3,(H,23,28)(H2,24,25,26,27). The van der Waals surface area contributed by atoms with E-state index in [-0.39, 0.29) is 18.2 Å². The van der Waals surface area contributed by atoms with Crippen LogP contribution in [0.4, 0.5) is 5.82 Å². The molecule has 0 unspecified atom stereocenters. The number of carbonyl (C=O) groups excluding carboxylic acids is 2. The number of hydrogen-bond donors (Lipinski definition) is 3.